The number of carbonyl (C=O) groups is 1. The molecule has 0 atom stereocenters. The van der Waals surface area contributed by atoms with Gasteiger partial charge in [0.15, 0.2) is 0 Å². The number of oxime groups is 1. The molecule has 1 aromatic heterocycles. The molecule has 26 heavy (non-hydrogen) atoms. The van der Waals surface area contributed by atoms with Crippen LogP contribution < -0.4 is 0 Å². The molecule has 132 valence electrons. The van der Waals surface area contributed by atoms with Gasteiger partial charge in [-0.2, -0.15) is 0 Å². The van der Waals surface area contributed by atoms with Crippen molar-refractivity contribution < 1.29 is 9.63 Å². The van der Waals surface area contributed by atoms with Gasteiger partial charge in [-0.15, -0.1) is 11.3 Å². The highest BCUT2D eigenvalue weighted by atomic mass is 35.5. The highest BCUT2D eigenvalue weighted by Gasteiger charge is 2.14. The summed E-state index contributed by atoms with van der Waals surface area (Å²) >= 11 is 13.3. The van der Waals surface area contributed by atoms with Crippen LogP contribution in [0, 0.1) is 6.92 Å². The number of hydrogen-bond donors (Lipinski definition) is 0. The molecule has 1 heterocycles. The summed E-state index contributed by atoms with van der Waals surface area (Å²) in [6, 6.07) is 14.4. The molecule has 0 unspecified atom stereocenters. The Labute approximate surface area is 165 Å². The number of hydrogen-bond acceptors (Lipinski definition) is 5. The van der Waals surface area contributed by atoms with Crippen LogP contribution >= 0.6 is 34.5 Å². The lowest BCUT2D eigenvalue weighted by atomic mass is 10.2. The van der Waals surface area contributed by atoms with Crippen molar-refractivity contribution in [1.82, 2.24) is 4.98 Å². The van der Waals surface area contributed by atoms with Crippen LogP contribution in [0.3, 0.4) is 0 Å². The van der Waals surface area contributed by atoms with Gasteiger partial charge in [-0.1, -0.05) is 58.7 Å². The van der Waals surface area contributed by atoms with E-state index in [0.717, 1.165) is 21.1 Å². The molecule has 0 spiro atoms. The van der Waals surface area contributed by atoms with E-state index in [9.17, 15) is 4.79 Å². The number of halogens is 2. The largest absolute Gasteiger partial charge is 0.365 e. The predicted molar refractivity (Wildman–Crippen MR) is 106 cm³/mol. The van der Waals surface area contributed by atoms with Gasteiger partial charge >= 0.3 is 5.97 Å². The van der Waals surface area contributed by atoms with Gasteiger partial charge in [-0.25, -0.2) is 9.78 Å². The molecule has 0 bridgehead atoms. The van der Waals surface area contributed by atoms with E-state index in [0.29, 0.717) is 10.7 Å². The average Bonchev–Trinajstić information content (AvgIpc) is 3.04. The van der Waals surface area contributed by atoms with Crippen LogP contribution in [-0.2, 0) is 4.84 Å². The smallest absolute Gasteiger partial charge is 0.313 e. The van der Waals surface area contributed by atoms with E-state index >= 15 is 0 Å². The zero-order valence-corrected chi connectivity index (χ0v) is 16.3. The SMILES string of the molecule is C/C(=N/OC(=O)c1ccc(Cl)c(Cl)c1)c1sc(-c2ccccc2)nc1C. The second-order valence-electron chi connectivity index (χ2n) is 5.48. The summed E-state index contributed by atoms with van der Waals surface area (Å²) in [5, 5.41) is 5.50. The Balaban J connectivity index is 1.78. The van der Waals surface area contributed by atoms with Gasteiger partial charge in [0.05, 0.1) is 31.9 Å². The zero-order chi connectivity index (χ0) is 18.7. The molecule has 4 nitrogen and oxygen atoms in total. The van der Waals surface area contributed by atoms with Gasteiger partial charge in [0.1, 0.15) is 5.01 Å². The molecule has 0 saturated carbocycles. The monoisotopic (exact) mass is 404 g/mol. The maximum absolute atomic E-state index is 12.1. The Morgan fingerprint density at radius 3 is 2.54 bits per heavy atom. The van der Waals surface area contributed by atoms with E-state index in [1.54, 1.807) is 6.92 Å². The maximum Gasteiger partial charge on any atom is 0.365 e. The maximum atomic E-state index is 12.1. The number of carbonyl (C=O) groups excluding carboxylic acids is 1. The molecule has 0 aliphatic carbocycles. The number of benzene rings is 2. The minimum atomic E-state index is -0.603. The van der Waals surface area contributed by atoms with Crippen LogP contribution in [0.1, 0.15) is 27.9 Å². The Bertz CT molecular complexity index is 984. The summed E-state index contributed by atoms with van der Waals surface area (Å²) in [6.45, 7) is 3.68. The second-order valence-corrected chi connectivity index (χ2v) is 7.30. The lowest BCUT2D eigenvalue weighted by Crippen LogP contribution is -2.04. The third-order valence-electron chi connectivity index (χ3n) is 3.57. The lowest BCUT2D eigenvalue weighted by Gasteiger charge is -2.01. The van der Waals surface area contributed by atoms with E-state index in [-0.39, 0.29) is 10.6 Å². The molecule has 3 rings (SSSR count). The first kappa shape index (κ1) is 18.6. The third-order valence-corrected chi connectivity index (χ3v) is 5.62. The van der Waals surface area contributed by atoms with Crippen molar-refractivity contribution in [3.8, 4) is 10.6 Å². The van der Waals surface area contributed by atoms with Crippen LogP contribution in [0.15, 0.2) is 53.7 Å². The number of rotatable bonds is 4. The standard InChI is InChI=1S/C19H14Cl2N2O2S/c1-11-17(26-18(22-11)13-6-4-3-5-7-13)12(2)23-25-19(24)14-8-9-15(20)16(21)10-14/h3-10H,1-2H3/b23-12-. The van der Waals surface area contributed by atoms with Crippen LogP contribution in [0.25, 0.3) is 10.6 Å². The molecule has 7 heteroatoms. The highest BCUT2D eigenvalue weighted by molar-refractivity contribution is 7.17. The molecular weight excluding hydrogens is 391 g/mol. The minimum absolute atomic E-state index is 0.280. The van der Waals surface area contributed by atoms with E-state index in [1.807, 2.05) is 37.3 Å². The van der Waals surface area contributed by atoms with Crippen molar-refractivity contribution in [2.45, 2.75) is 13.8 Å². The van der Waals surface area contributed by atoms with E-state index < -0.39 is 5.97 Å². The Hall–Kier alpha value is -2.21. The minimum Gasteiger partial charge on any atom is -0.313 e. The Morgan fingerprint density at radius 1 is 1.12 bits per heavy atom. The molecule has 2 aromatic carbocycles. The Kier molecular flexibility index (Phi) is 5.71. The molecule has 3 aromatic rings. The molecule has 0 amide bonds. The van der Waals surface area contributed by atoms with Gasteiger partial charge in [0.2, 0.25) is 0 Å². The summed E-state index contributed by atoms with van der Waals surface area (Å²) in [5.74, 6) is -0.603. The second kappa shape index (κ2) is 7.99. The number of aromatic nitrogens is 1. The first-order chi connectivity index (χ1) is 12.5. The lowest BCUT2D eigenvalue weighted by molar-refractivity contribution is 0.0516. The normalized spacial score (nSPS) is 11.5. The summed E-state index contributed by atoms with van der Waals surface area (Å²) in [6.07, 6.45) is 0. The van der Waals surface area contributed by atoms with Gasteiger partial charge in [-0.3, -0.25) is 0 Å². The van der Waals surface area contributed by atoms with E-state index in [4.69, 9.17) is 28.0 Å². The van der Waals surface area contributed by atoms with Crippen LogP contribution in [0.5, 0.6) is 0 Å². The third kappa shape index (κ3) is 4.12. The summed E-state index contributed by atoms with van der Waals surface area (Å²) in [4.78, 5) is 22.6. The first-order valence-electron chi connectivity index (χ1n) is 7.70. The molecule has 0 saturated heterocycles. The van der Waals surface area contributed by atoms with Crippen LogP contribution in [0.2, 0.25) is 10.0 Å². The fourth-order valence-corrected chi connectivity index (χ4v) is 3.57. The van der Waals surface area contributed by atoms with Crippen molar-refractivity contribution in [2.75, 3.05) is 0 Å². The summed E-state index contributed by atoms with van der Waals surface area (Å²) in [7, 11) is 0. The zero-order valence-electron chi connectivity index (χ0n) is 14.0. The van der Waals surface area contributed by atoms with Crippen molar-refractivity contribution in [3.05, 3.63) is 74.7 Å². The highest BCUT2D eigenvalue weighted by Crippen LogP contribution is 2.28. The van der Waals surface area contributed by atoms with Gasteiger partial charge in [0, 0.05) is 5.56 Å². The number of nitrogens with zero attached hydrogens (tertiary/aromatic N) is 2. The fraction of sp³-hybridized carbons (Fsp3) is 0.105. The average molecular weight is 405 g/mol. The molecule has 0 aliphatic heterocycles. The first-order valence-corrected chi connectivity index (χ1v) is 9.27. The summed E-state index contributed by atoms with van der Waals surface area (Å²) < 4.78 is 0. The van der Waals surface area contributed by atoms with E-state index in [2.05, 4.69) is 10.1 Å². The van der Waals surface area contributed by atoms with Gasteiger partial charge in [0.25, 0.3) is 0 Å². The molecule has 0 N–H and O–H groups in total. The van der Waals surface area contributed by atoms with Crippen molar-refractivity contribution in [1.29, 1.82) is 0 Å². The van der Waals surface area contributed by atoms with Crippen LogP contribution in [0.4, 0.5) is 0 Å². The number of aryl methyl sites for hydroxylation is 1. The molecule has 0 fully saturated rings. The topological polar surface area (TPSA) is 51.5 Å². The molecular formula is C19H14Cl2N2O2S. The predicted octanol–water partition coefficient (Wildman–Crippen LogP) is 6.01. The van der Waals surface area contributed by atoms with Crippen LogP contribution in [-0.4, -0.2) is 16.7 Å². The Morgan fingerprint density at radius 2 is 1.85 bits per heavy atom. The van der Waals surface area contributed by atoms with E-state index in [1.165, 1.54) is 29.5 Å². The van der Waals surface area contributed by atoms with Gasteiger partial charge < -0.3 is 4.84 Å². The fourth-order valence-electron chi connectivity index (χ4n) is 2.26. The van der Waals surface area contributed by atoms with Gasteiger partial charge in [-0.05, 0) is 32.0 Å². The molecule has 0 aliphatic rings. The number of thiazole rings is 1. The van der Waals surface area contributed by atoms with Crippen molar-refractivity contribution in [3.63, 3.8) is 0 Å². The summed E-state index contributed by atoms with van der Waals surface area (Å²) in [5.41, 5.74) is 2.73. The van der Waals surface area contributed by atoms with Crippen molar-refractivity contribution >= 4 is 46.2 Å². The quantitative estimate of drug-likeness (QED) is 0.304. The van der Waals surface area contributed by atoms with Crippen molar-refractivity contribution in [2.24, 2.45) is 5.16 Å². The molecule has 0 radical (unpaired) electrons.